The summed E-state index contributed by atoms with van der Waals surface area (Å²) in [7, 11) is 0. The van der Waals surface area contributed by atoms with Crippen LogP contribution in [0.1, 0.15) is 13.8 Å². The monoisotopic (exact) mass is 160 g/mol. The lowest BCUT2D eigenvalue weighted by Gasteiger charge is -2.05. The number of rotatable bonds is 4. The highest BCUT2D eigenvalue weighted by Gasteiger charge is 2.13. The molecule has 0 bridgehead atoms. The third-order valence-corrected chi connectivity index (χ3v) is 1.02. The van der Waals surface area contributed by atoms with Crippen LogP contribution >= 0.6 is 0 Å². The molecule has 0 saturated heterocycles. The molecule has 0 heterocycles. The van der Waals surface area contributed by atoms with Gasteiger partial charge in [0.05, 0.1) is 18.3 Å². The summed E-state index contributed by atoms with van der Waals surface area (Å²) >= 11 is 0. The minimum atomic E-state index is -0.900. The van der Waals surface area contributed by atoms with E-state index in [0.29, 0.717) is 0 Å². The summed E-state index contributed by atoms with van der Waals surface area (Å²) in [5, 5.41) is 8.83. The van der Waals surface area contributed by atoms with Crippen molar-refractivity contribution in [1.82, 2.24) is 0 Å². The van der Waals surface area contributed by atoms with Crippen molar-refractivity contribution in [2.75, 3.05) is 6.61 Å². The lowest BCUT2D eigenvalue weighted by Crippen LogP contribution is -2.16. The molecule has 4 nitrogen and oxygen atoms in total. The molecular formula is C7H12O4. The van der Waals surface area contributed by atoms with E-state index in [0.717, 1.165) is 0 Å². The van der Waals surface area contributed by atoms with E-state index in [1.807, 2.05) is 0 Å². The van der Waals surface area contributed by atoms with Crippen molar-refractivity contribution in [3.8, 4) is 0 Å². The van der Waals surface area contributed by atoms with Gasteiger partial charge in [0.25, 0.3) is 0 Å². The van der Waals surface area contributed by atoms with Gasteiger partial charge in [-0.15, -0.1) is 0 Å². The normalized spacial score (nSPS) is 12.3. The number of hydrogen-bond acceptors (Lipinski definition) is 4. The van der Waals surface area contributed by atoms with Gasteiger partial charge < -0.3 is 5.11 Å². The first-order chi connectivity index (χ1) is 5.09. The van der Waals surface area contributed by atoms with E-state index in [1.165, 1.54) is 6.92 Å². The first-order valence-corrected chi connectivity index (χ1v) is 3.30. The summed E-state index contributed by atoms with van der Waals surface area (Å²) in [6.45, 7) is 6.68. The van der Waals surface area contributed by atoms with E-state index in [2.05, 4.69) is 16.4 Å². The Balaban J connectivity index is 3.75. The number of hydrogen-bond donors (Lipinski definition) is 1. The summed E-state index contributed by atoms with van der Waals surface area (Å²) < 4.78 is 0. The Morgan fingerprint density at radius 2 is 2.27 bits per heavy atom. The SMILES string of the molecule is C=C(C(=O)OOCC)C(C)O. The topological polar surface area (TPSA) is 55.8 Å². The van der Waals surface area contributed by atoms with Crippen molar-refractivity contribution < 1.29 is 19.7 Å². The molecule has 1 atom stereocenters. The molecule has 1 N–H and O–H groups in total. The van der Waals surface area contributed by atoms with E-state index in [1.54, 1.807) is 6.92 Å². The Kier molecular flexibility index (Phi) is 4.49. The number of aliphatic hydroxyl groups excluding tert-OH is 1. The highest BCUT2D eigenvalue weighted by molar-refractivity contribution is 5.88. The Bertz CT molecular complexity index is 151. The second-order valence-corrected chi connectivity index (χ2v) is 1.98. The van der Waals surface area contributed by atoms with Gasteiger partial charge >= 0.3 is 5.97 Å². The second-order valence-electron chi connectivity index (χ2n) is 1.98. The van der Waals surface area contributed by atoms with Crippen LogP contribution < -0.4 is 0 Å². The highest BCUT2D eigenvalue weighted by Crippen LogP contribution is 2.00. The summed E-state index contributed by atoms with van der Waals surface area (Å²) in [5.74, 6) is -0.734. The van der Waals surface area contributed by atoms with E-state index in [-0.39, 0.29) is 12.2 Å². The highest BCUT2D eigenvalue weighted by atomic mass is 17.2. The van der Waals surface area contributed by atoms with Crippen LogP contribution in [0.25, 0.3) is 0 Å². The minimum absolute atomic E-state index is 0.0153. The third-order valence-electron chi connectivity index (χ3n) is 1.02. The van der Waals surface area contributed by atoms with Crippen LogP contribution in [0.5, 0.6) is 0 Å². The standard InChI is InChI=1S/C7H12O4/c1-4-10-11-7(9)5(2)6(3)8/h6,8H,2,4H2,1,3H3. The maximum atomic E-state index is 10.7. The summed E-state index contributed by atoms with van der Waals surface area (Å²) in [6, 6.07) is 0. The summed E-state index contributed by atoms with van der Waals surface area (Å²) in [4.78, 5) is 19.3. The molecule has 0 aromatic carbocycles. The van der Waals surface area contributed by atoms with Gasteiger partial charge in [0.2, 0.25) is 0 Å². The van der Waals surface area contributed by atoms with E-state index in [4.69, 9.17) is 5.11 Å². The molecule has 0 radical (unpaired) electrons. The molecule has 0 fully saturated rings. The molecule has 0 aliphatic rings. The summed E-state index contributed by atoms with van der Waals surface area (Å²) in [6.07, 6.45) is -0.900. The molecule has 0 aliphatic heterocycles. The van der Waals surface area contributed by atoms with Gasteiger partial charge in [0.1, 0.15) is 0 Å². The zero-order valence-corrected chi connectivity index (χ0v) is 6.66. The zero-order chi connectivity index (χ0) is 8.85. The molecule has 0 rings (SSSR count). The van der Waals surface area contributed by atoms with Crippen LogP contribution in [0.15, 0.2) is 12.2 Å². The average molecular weight is 160 g/mol. The van der Waals surface area contributed by atoms with Crippen LogP contribution in [0.4, 0.5) is 0 Å². The number of aliphatic hydroxyl groups is 1. The van der Waals surface area contributed by atoms with Crippen molar-refractivity contribution in [3.63, 3.8) is 0 Å². The predicted octanol–water partition coefficient (Wildman–Crippen LogP) is 0.418. The maximum absolute atomic E-state index is 10.7. The molecule has 4 heteroatoms. The minimum Gasteiger partial charge on any atom is -0.388 e. The molecule has 0 aliphatic carbocycles. The van der Waals surface area contributed by atoms with Gasteiger partial charge in [-0.1, -0.05) is 6.58 Å². The number of carbonyl (C=O) groups is 1. The zero-order valence-electron chi connectivity index (χ0n) is 6.66. The second kappa shape index (κ2) is 4.87. The van der Waals surface area contributed by atoms with Gasteiger partial charge in [0, 0.05) is 0 Å². The smallest absolute Gasteiger partial charge is 0.371 e. The fraction of sp³-hybridized carbons (Fsp3) is 0.571. The molecule has 0 aromatic heterocycles. The molecule has 64 valence electrons. The lowest BCUT2D eigenvalue weighted by atomic mass is 10.2. The van der Waals surface area contributed by atoms with Gasteiger partial charge in [0.15, 0.2) is 0 Å². The molecule has 0 aromatic rings. The quantitative estimate of drug-likeness (QED) is 0.368. The number of carbonyl (C=O) groups excluding carboxylic acids is 1. The Hall–Kier alpha value is -0.870. The van der Waals surface area contributed by atoms with E-state index >= 15 is 0 Å². The maximum Gasteiger partial charge on any atom is 0.371 e. The predicted molar refractivity (Wildman–Crippen MR) is 38.5 cm³/mol. The van der Waals surface area contributed by atoms with Gasteiger partial charge in [-0.25, -0.2) is 4.79 Å². The van der Waals surface area contributed by atoms with Crippen LogP contribution in [-0.4, -0.2) is 23.8 Å². The van der Waals surface area contributed by atoms with E-state index < -0.39 is 12.1 Å². The van der Waals surface area contributed by atoms with Crippen molar-refractivity contribution in [1.29, 1.82) is 0 Å². The molecule has 0 spiro atoms. The molecule has 1 unspecified atom stereocenters. The largest absolute Gasteiger partial charge is 0.388 e. The van der Waals surface area contributed by atoms with Crippen molar-refractivity contribution in [2.45, 2.75) is 20.0 Å². The first-order valence-electron chi connectivity index (χ1n) is 3.30. The van der Waals surface area contributed by atoms with E-state index in [9.17, 15) is 4.79 Å². The molecule has 0 saturated carbocycles. The first kappa shape index (κ1) is 10.1. The van der Waals surface area contributed by atoms with Crippen LogP contribution in [0, 0.1) is 0 Å². The Morgan fingerprint density at radius 3 is 2.64 bits per heavy atom. The molecule has 0 amide bonds. The van der Waals surface area contributed by atoms with Gasteiger partial charge in [-0.3, -0.25) is 4.89 Å². The fourth-order valence-corrected chi connectivity index (χ4v) is 0.337. The third kappa shape index (κ3) is 3.75. The molecular weight excluding hydrogens is 148 g/mol. The Labute approximate surface area is 65.4 Å². The van der Waals surface area contributed by atoms with Gasteiger partial charge in [-0.2, -0.15) is 4.89 Å². The molecule has 11 heavy (non-hydrogen) atoms. The Morgan fingerprint density at radius 1 is 1.73 bits per heavy atom. The summed E-state index contributed by atoms with van der Waals surface area (Å²) in [5.41, 5.74) is -0.0153. The van der Waals surface area contributed by atoms with Crippen molar-refractivity contribution in [2.24, 2.45) is 0 Å². The van der Waals surface area contributed by atoms with Crippen LogP contribution in [-0.2, 0) is 14.6 Å². The fourth-order valence-electron chi connectivity index (χ4n) is 0.337. The average Bonchev–Trinajstić information content (AvgIpc) is 1.98. The van der Waals surface area contributed by atoms with Crippen LogP contribution in [0.3, 0.4) is 0 Å². The van der Waals surface area contributed by atoms with Crippen molar-refractivity contribution >= 4 is 5.97 Å². The van der Waals surface area contributed by atoms with Gasteiger partial charge in [-0.05, 0) is 13.8 Å². The van der Waals surface area contributed by atoms with Crippen LogP contribution in [0.2, 0.25) is 0 Å². The lowest BCUT2D eigenvalue weighted by molar-refractivity contribution is -0.266. The van der Waals surface area contributed by atoms with Crippen molar-refractivity contribution in [3.05, 3.63) is 12.2 Å².